The standard InChI is InChI=1S/C16H17NO3/c1-20-11-6-7-14-12(8-11)13(16(18)19)9-15(17-14)10-4-2-3-5-10/h6-10H,2-5H2,1H3,(H,18,19). The molecule has 1 fully saturated rings. The van der Waals surface area contributed by atoms with Crippen molar-refractivity contribution in [2.45, 2.75) is 31.6 Å². The van der Waals surface area contributed by atoms with Crippen LogP contribution in [0, 0.1) is 0 Å². The molecule has 20 heavy (non-hydrogen) atoms. The molecular weight excluding hydrogens is 254 g/mol. The molecule has 4 nitrogen and oxygen atoms in total. The van der Waals surface area contributed by atoms with Crippen molar-refractivity contribution in [3.63, 3.8) is 0 Å². The molecule has 1 saturated carbocycles. The van der Waals surface area contributed by atoms with Crippen LogP contribution in [0.3, 0.4) is 0 Å². The van der Waals surface area contributed by atoms with Crippen molar-refractivity contribution in [3.8, 4) is 5.75 Å². The van der Waals surface area contributed by atoms with Crippen molar-refractivity contribution in [3.05, 3.63) is 35.5 Å². The minimum atomic E-state index is -0.912. The Hall–Kier alpha value is -2.10. The number of fused-ring (bicyclic) bond motifs is 1. The number of carbonyl (C=O) groups is 1. The number of ether oxygens (including phenoxy) is 1. The fraction of sp³-hybridized carbons (Fsp3) is 0.375. The molecule has 1 aromatic heterocycles. The summed E-state index contributed by atoms with van der Waals surface area (Å²) in [7, 11) is 1.57. The highest BCUT2D eigenvalue weighted by Gasteiger charge is 2.21. The molecule has 2 aromatic rings. The van der Waals surface area contributed by atoms with Crippen molar-refractivity contribution in [2.75, 3.05) is 7.11 Å². The van der Waals surface area contributed by atoms with Gasteiger partial charge in [-0.05, 0) is 37.1 Å². The van der Waals surface area contributed by atoms with Crippen molar-refractivity contribution >= 4 is 16.9 Å². The third kappa shape index (κ3) is 2.22. The molecule has 3 rings (SSSR count). The molecule has 1 aromatic carbocycles. The van der Waals surface area contributed by atoms with Gasteiger partial charge in [0.1, 0.15) is 5.75 Å². The first-order chi connectivity index (χ1) is 9.69. The van der Waals surface area contributed by atoms with Crippen molar-refractivity contribution in [1.29, 1.82) is 0 Å². The fourth-order valence-electron chi connectivity index (χ4n) is 2.96. The lowest BCUT2D eigenvalue weighted by molar-refractivity contribution is 0.0699. The van der Waals surface area contributed by atoms with Crippen molar-refractivity contribution in [2.24, 2.45) is 0 Å². The number of hydrogen-bond acceptors (Lipinski definition) is 3. The third-order valence-electron chi connectivity index (χ3n) is 4.04. The zero-order valence-electron chi connectivity index (χ0n) is 11.4. The smallest absolute Gasteiger partial charge is 0.336 e. The van der Waals surface area contributed by atoms with Crippen LogP contribution < -0.4 is 4.74 Å². The summed E-state index contributed by atoms with van der Waals surface area (Å²) >= 11 is 0. The summed E-state index contributed by atoms with van der Waals surface area (Å²) in [4.78, 5) is 16.2. The number of pyridine rings is 1. The Balaban J connectivity index is 2.18. The van der Waals surface area contributed by atoms with Gasteiger partial charge in [-0.25, -0.2) is 4.79 Å². The van der Waals surface area contributed by atoms with Gasteiger partial charge in [0.15, 0.2) is 0 Å². The van der Waals surface area contributed by atoms with Crippen LogP contribution in [0.1, 0.15) is 47.7 Å². The number of nitrogens with zero attached hydrogens (tertiary/aromatic N) is 1. The predicted octanol–water partition coefficient (Wildman–Crippen LogP) is 3.60. The second-order valence-corrected chi connectivity index (χ2v) is 5.26. The molecular formula is C16H17NO3. The highest BCUT2D eigenvalue weighted by Crippen LogP contribution is 2.35. The highest BCUT2D eigenvalue weighted by atomic mass is 16.5. The summed E-state index contributed by atoms with van der Waals surface area (Å²) in [6, 6.07) is 7.13. The molecule has 1 aliphatic rings. The second-order valence-electron chi connectivity index (χ2n) is 5.26. The van der Waals surface area contributed by atoms with Gasteiger partial charge in [-0.1, -0.05) is 12.8 Å². The number of carboxylic acid groups (broad SMARTS) is 1. The van der Waals surface area contributed by atoms with Gasteiger partial charge in [0.05, 0.1) is 18.2 Å². The largest absolute Gasteiger partial charge is 0.497 e. The minimum absolute atomic E-state index is 0.316. The number of aromatic carboxylic acids is 1. The number of carboxylic acids is 1. The van der Waals surface area contributed by atoms with Gasteiger partial charge < -0.3 is 9.84 Å². The van der Waals surface area contributed by atoms with Crippen LogP contribution in [0.2, 0.25) is 0 Å². The quantitative estimate of drug-likeness (QED) is 0.926. The van der Waals surface area contributed by atoms with Crippen molar-refractivity contribution < 1.29 is 14.6 Å². The van der Waals surface area contributed by atoms with Crippen LogP contribution in [-0.2, 0) is 0 Å². The molecule has 0 atom stereocenters. The van der Waals surface area contributed by atoms with Crippen LogP contribution in [0.5, 0.6) is 5.75 Å². The molecule has 0 spiro atoms. The molecule has 0 aliphatic heterocycles. The summed E-state index contributed by atoms with van der Waals surface area (Å²) in [6.07, 6.45) is 4.62. The Bertz CT molecular complexity index is 660. The topological polar surface area (TPSA) is 59.4 Å². The lowest BCUT2D eigenvalue weighted by Crippen LogP contribution is -2.04. The van der Waals surface area contributed by atoms with Crippen LogP contribution in [0.15, 0.2) is 24.3 Å². The summed E-state index contributed by atoms with van der Waals surface area (Å²) in [6.45, 7) is 0. The molecule has 1 N–H and O–H groups in total. The van der Waals surface area contributed by atoms with E-state index in [9.17, 15) is 9.90 Å². The van der Waals surface area contributed by atoms with Crippen LogP contribution in [0.25, 0.3) is 10.9 Å². The summed E-state index contributed by atoms with van der Waals surface area (Å²) in [5, 5.41) is 10.1. The molecule has 1 heterocycles. The third-order valence-corrected chi connectivity index (χ3v) is 4.04. The molecule has 0 amide bonds. The van der Waals surface area contributed by atoms with E-state index in [0.29, 0.717) is 22.6 Å². The molecule has 104 valence electrons. The molecule has 4 heteroatoms. The van der Waals surface area contributed by atoms with Gasteiger partial charge >= 0.3 is 5.97 Å². The maximum Gasteiger partial charge on any atom is 0.336 e. The van der Waals surface area contributed by atoms with E-state index >= 15 is 0 Å². The monoisotopic (exact) mass is 271 g/mol. The summed E-state index contributed by atoms with van der Waals surface area (Å²) in [5.74, 6) is 0.139. The summed E-state index contributed by atoms with van der Waals surface area (Å²) < 4.78 is 5.17. The lowest BCUT2D eigenvalue weighted by atomic mass is 9.99. The molecule has 0 radical (unpaired) electrons. The van der Waals surface area contributed by atoms with Gasteiger partial charge in [-0.3, -0.25) is 4.98 Å². The zero-order valence-corrected chi connectivity index (χ0v) is 11.4. The van der Waals surface area contributed by atoms with Crippen LogP contribution >= 0.6 is 0 Å². The molecule has 0 saturated heterocycles. The first-order valence-corrected chi connectivity index (χ1v) is 6.91. The lowest BCUT2D eigenvalue weighted by Gasteiger charge is -2.12. The SMILES string of the molecule is COc1ccc2nc(C3CCCC3)cc(C(=O)O)c2c1. The number of benzene rings is 1. The number of hydrogen-bond donors (Lipinski definition) is 1. The van der Waals surface area contributed by atoms with E-state index in [1.807, 2.05) is 12.1 Å². The van der Waals surface area contributed by atoms with Gasteiger partial charge in [-0.15, -0.1) is 0 Å². The Kier molecular flexibility index (Phi) is 3.30. The van der Waals surface area contributed by atoms with Gasteiger partial charge in [0.2, 0.25) is 0 Å². The van der Waals surface area contributed by atoms with E-state index in [0.717, 1.165) is 24.1 Å². The average Bonchev–Trinajstić information content (AvgIpc) is 2.99. The number of methoxy groups -OCH3 is 1. The predicted molar refractivity (Wildman–Crippen MR) is 76.5 cm³/mol. The molecule has 1 aliphatic carbocycles. The summed E-state index contributed by atoms with van der Waals surface area (Å²) in [5.41, 5.74) is 1.96. The molecule has 0 bridgehead atoms. The van der Waals surface area contributed by atoms with Crippen LogP contribution in [-0.4, -0.2) is 23.2 Å². The van der Waals surface area contributed by atoms with E-state index in [2.05, 4.69) is 4.98 Å². The number of aromatic nitrogens is 1. The average molecular weight is 271 g/mol. The fourth-order valence-corrected chi connectivity index (χ4v) is 2.96. The Labute approximate surface area is 117 Å². The van der Waals surface area contributed by atoms with Gasteiger partial charge in [-0.2, -0.15) is 0 Å². The normalized spacial score (nSPS) is 15.7. The van der Waals surface area contributed by atoms with E-state index < -0.39 is 5.97 Å². The number of rotatable bonds is 3. The maximum atomic E-state index is 11.5. The zero-order chi connectivity index (χ0) is 14.1. The maximum absolute atomic E-state index is 11.5. The molecule has 0 unspecified atom stereocenters. The Morgan fingerprint density at radius 2 is 2.05 bits per heavy atom. The Morgan fingerprint density at radius 1 is 1.30 bits per heavy atom. The minimum Gasteiger partial charge on any atom is -0.497 e. The van der Waals surface area contributed by atoms with Crippen molar-refractivity contribution in [1.82, 2.24) is 4.98 Å². The van der Waals surface area contributed by atoms with Gasteiger partial charge in [0, 0.05) is 17.0 Å². The van der Waals surface area contributed by atoms with E-state index in [-0.39, 0.29) is 0 Å². The van der Waals surface area contributed by atoms with Crippen LogP contribution in [0.4, 0.5) is 0 Å². The van der Waals surface area contributed by atoms with E-state index in [1.165, 1.54) is 12.8 Å². The first-order valence-electron chi connectivity index (χ1n) is 6.91. The van der Waals surface area contributed by atoms with E-state index in [4.69, 9.17) is 4.74 Å². The first kappa shape index (κ1) is 12.9. The van der Waals surface area contributed by atoms with E-state index in [1.54, 1.807) is 19.2 Å². The van der Waals surface area contributed by atoms with Gasteiger partial charge in [0.25, 0.3) is 0 Å². The highest BCUT2D eigenvalue weighted by molar-refractivity contribution is 6.03. The second kappa shape index (κ2) is 5.12. The Morgan fingerprint density at radius 3 is 2.70 bits per heavy atom.